The van der Waals surface area contributed by atoms with E-state index in [0.717, 1.165) is 19.3 Å². The highest BCUT2D eigenvalue weighted by molar-refractivity contribution is 5.74. The van der Waals surface area contributed by atoms with Gasteiger partial charge in [0.25, 0.3) is 5.69 Å². The fraction of sp³-hybridized carbons (Fsp3) is 0.562. The normalized spacial score (nSPS) is 16.9. The van der Waals surface area contributed by atoms with Crippen molar-refractivity contribution < 1.29 is 14.8 Å². The largest absolute Gasteiger partial charge is 0.396 e. The molecule has 1 saturated heterocycles. The van der Waals surface area contributed by atoms with Gasteiger partial charge in [-0.15, -0.1) is 0 Å². The Morgan fingerprint density at radius 2 is 2.13 bits per heavy atom. The highest BCUT2D eigenvalue weighted by Crippen LogP contribution is 2.34. The predicted molar refractivity (Wildman–Crippen MR) is 85.9 cm³/mol. The number of aliphatic hydroxyl groups excluding tert-OH is 1. The van der Waals surface area contributed by atoms with Crippen molar-refractivity contribution in [2.24, 2.45) is 5.41 Å². The molecule has 2 N–H and O–H groups in total. The topological polar surface area (TPSA) is 95.7 Å². The van der Waals surface area contributed by atoms with Crippen LogP contribution in [-0.2, 0) is 6.54 Å². The van der Waals surface area contributed by atoms with Gasteiger partial charge in [-0.3, -0.25) is 10.1 Å². The zero-order valence-electron chi connectivity index (χ0n) is 13.3. The number of rotatable bonds is 5. The van der Waals surface area contributed by atoms with Gasteiger partial charge in [-0.05, 0) is 30.2 Å². The van der Waals surface area contributed by atoms with Crippen LogP contribution in [0.5, 0.6) is 0 Å². The summed E-state index contributed by atoms with van der Waals surface area (Å²) in [7, 11) is 0. The second-order valence-electron chi connectivity index (χ2n) is 6.08. The number of hydrogen-bond donors (Lipinski definition) is 2. The van der Waals surface area contributed by atoms with Crippen LogP contribution in [0.25, 0.3) is 0 Å². The van der Waals surface area contributed by atoms with Crippen LogP contribution in [0.2, 0.25) is 0 Å². The van der Waals surface area contributed by atoms with Gasteiger partial charge >= 0.3 is 6.03 Å². The van der Waals surface area contributed by atoms with Crippen molar-refractivity contribution in [1.29, 1.82) is 0 Å². The van der Waals surface area contributed by atoms with Crippen molar-refractivity contribution in [3.63, 3.8) is 0 Å². The van der Waals surface area contributed by atoms with Gasteiger partial charge in [-0.2, -0.15) is 0 Å². The Balaban J connectivity index is 1.86. The molecule has 126 valence electrons. The number of nitrogens with zero attached hydrogens (tertiary/aromatic N) is 2. The smallest absolute Gasteiger partial charge is 0.317 e. The number of nitrogens with one attached hydrogen (secondary N) is 1. The number of nitro groups is 1. The predicted octanol–water partition coefficient (Wildman–Crippen LogP) is 2.29. The minimum Gasteiger partial charge on any atom is -0.396 e. The molecule has 7 heteroatoms. The zero-order valence-corrected chi connectivity index (χ0v) is 13.3. The molecule has 1 heterocycles. The average Bonchev–Trinajstić information content (AvgIpc) is 2.60. The molecular formula is C16H23N3O4. The Kier molecular flexibility index (Phi) is 5.54. The summed E-state index contributed by atoms with van der Waals surface area (Å²) in [5.74, 6) is 0. The number of hydrogen-bond acceptors (Lipinski definition) is 4. The lowest BCUT2D eigenvalue weighted by atomic mass is 9.77. The van der Waals surface area contributed by atoms with E-state index in [2.05, 4.69) is 12.2 Å². The number of aliphatic hydroxyl groups is 1. The van der Waals surface area contributed by atoms with Gasteiger partial charge < -0.3 is 15.3 Å². The van der Waals surface area contributed by atoms with Crippen molar-refractivity contribution in [2.45, 2.75) is 32.7 Å². The first-order valence-electron chi connectivity index (χ1n) is 7.86. The van der Waals surface area contributed by atoms with Crippen LogP contribution < -0.4 is 5.32 Å². The first-order chi connectivity index (χ1) is 11.0. The van der Waals surface area contributed by atoms with E-state index in [1.807, 2.05) is 0 Å². The fourth-order valence-electron chi connectivity index (χ4n) is 2.88. The van der Waals surface area contributed by atoms with Crippen LogP contribution in [0.15, 0.2) is 24.3 Å². The molecular weight excluding hydrogens is 298 g/mol. The van der Waals surface area contributed by atoms with Crippen molar-refractivity contribution in [1.82, 2.24) is 10.2 Å². The number of nitro benzene ring substituents is 1. The molecule has 0 aliphatic carbocycles. The molecule has 0 spiro atoms. The molecule has 23 heavy (non-hydrogen) atoms. The maximum atomic E-state index is 12.2. The van der Waals surface area contributed by atoms with E-state index in [1.54, 1.807) is 17.0 Å². The van der Waals surface area contributed by atoms with Crippen molar-refractivity contribution in [3.05, 3.63) is 39.9 Å². The van der Waals surface area contributed by atoms with Gasteiger partial charge in [0.2, 0.25) is 0 Å². The Morgan fingerprint density at radius 1 is 1.43 bits per heavy atom. The average molecular weight is 321 g/mol. The van der Waals surface area contributed by atoms with Crippen LogP contribution in [0, 0.1) is 15.5 Å². The van der Waals surface area contributed by atoms with Gasteiger partial charge in [0.15, 0.2) is 0 Å². The Bertz CT molecular complexity index is 562. The monoisotopic (exact) mass is 321 g/mol. The summed E-state index contributed by atoms with van der Waals surface area (Å²) in [5, 5.41) is 23.1. The molecule has 2 amide bonds. The lowest BCUT2D eigenvalue weighted by Gasteiger charge is -2.40. The SMILES string of the molecule is CCC1(CO)CCN(C(=O)NCc2cccc([N+](=O)[O-])c2)CC1. The van der Waals surface area contributed by atoms with Crippen LogP contribution >= 0.6 is 0 Å². The van der Waals surface area contributed by atoms with Gasteiger partial charge in [0.05, 0.1) is 4.92 Å². The highest BCUT2D eigenvalue weighted by atomic mass is 16.6. The highest BCUT2D eigenvalue weighted by Gasteiger charge is 2.33. The fourth-order valence-corrected chi connectivity index (χ4v) is 2.88. The second-order valence-corrected chi connectivity index (χ2v) is 6.08. The quantitative estimate of drug-likeness (QED) is 0.642. The Labute approximate surface area is 135 Å². The molecule has 0 bridgehead atoms. The van der Waals surface area contributed by atoms with Gasteiger partial charge in [-0.25, -0.2) is 4.79 Å². The molecule has 0 aromatic heterocycles. The van der Waals surface area contributed by atoms with Gasteiger partial charge in [0, 0.05) is 38.4 Å². The summed E-state index contributed by atoms with van der Waals surface area (Å²) < 4.78 is 0. The molecule has 1 aliphatic rings. The third kappa shape index (κ3) is 4.19. The van der Waals surface area contributed by atoms with Crippen molar-refractivity contribution in [2.75, 3.05) is 19.7 Å². The van der Waals surface area contributed by atoms with E-state index < -0.39 is 4.92 Å². The molecule has 1 aliphatic heterocycles. The van der Waals surface area contributed by atoms with Gasteiger partial charge in [0.1, 0.15) is 0 Å². The number of benzene rings is 1. The van der Waals surface area contributed by atoms with Crippen LogP contribution in [-0.4, -0.2) is 40.7 Å². The second kappa shape index (κ2) is 7.41. The number of amides is 2. The minimum atomic E-state index is -0.449. The van der Waals surface area contributed by atoms with E-state index >= 15 is 0 Å². The summed E-state index contributed by atoms with van der Waals surface area (Å²) in [6.07, 6.45) is 2.50. The van der Waals surface area contributed by atoms with Crippen LogP contribution in [0.1, 0.15) is 31.7 Å². The first kappa shape index (κ1) is 17.2. The molecule has 0 radical (unpaired) electrons. The maximum absolute atomic E-state index is 12.2. The number of piperidine rings is 1. The lowest BCUT2D eigenvalue weighted by Crippen LogP contribution is -2.48. The molecule has 7 nitrogen and oxygen atoms in total. The summed E-state index contributed by atoms with van der Waals surface area (Å²) in [4.78, 5) is 24.2. The number of carbonyl (C=O) groups is 1. The summed E-state index contributed by atoms with van der Waals surface area (Å²) in [6.45, 7) is 3.72. The van der Waals surface area contributed by atoms with Crippen molar-refractivity contribution >= 4 is 11.7 Å². The molecule has 0 atom stereocenters. The molecule has 2 rings (SSSR count). The van der Waals surface area contributed by atoms with E-state index in [0.29, 0.717) is 18.7 Å². The van der Waals surface area contributed by atoms with E-state index in [4.69, 9.17) is 0 Å². The summed E-state index contributed by atoms with van der Waals surface area (Å²) in [6, 6.07) is 6.08. The third-order valence-corrected chi connectivity index (χ3v) is 4.76. The standard InChI is InChI=1S/C16H23N3O4/c1-2-16(12-20)6-8-18(9-7-16)15(21)17-11-13-4-3-5-14(10-13)19(22)23/h3-5,10,20H,2,6-9,11-12H2,1H3,(H,17,21). The van der Waals surface area contributed by atoms with Crippen LogP contribution in [0.4, 0.5) is 10.5 Å². The molecule has 1 aromatic rings. The minimum absolute atomic E-state index is 0.0189. The summed E-state index contributed by atoms with van der Waals surface area (Å²) in [5.41, 5.74) is 0.657. The van der Waals surface area contributed by atoms with E-state index in [9.17, 15) is 20.0 Å². The van der Waals surface area contributed by atoms with Gasteiger partial charge in [-0.1, -0.05) is 19.1 Å². The Morgan fingerprint density at radius 3 is 2.70 bits per heavy atom. The lowest BCUT2D eigenvalue weighted by molar-refractivity contribution is -0.384. The Hall–Kier alpha value is -2.15. The number of likely N-dealkylation sites (tertiary alicyclic amines) is 1. The zero-order chi connectivity index (χ0) is 16.9. The van der Waals surface area contributed by atoms with E-state index in [1.165, 1.54) is 12.1 Å². The number of non-ortho nitro benzene ring substituents is 1. The van der Waals surface area contributed by atoms with Crippen LogP contribution in [0.3, 0.4) is 0 Å². The first-order valence-corrected chi connectivity index (χ1v) is 7.86. The number of urea groups is 1. The molecule has 0 saturated carbocycles. The van der Waals surface area contributed by atoms with E-state index in [-0.39, 0.29) is 30.3 Å². The molecule has 1 aromatic carbocycles. The van der Waals surface area contributed by atoms with Crippen molar-refractivity contribution in [3.8, 4) is 0 Å². The number of carbonyl (C=O) groups excluding carboxylic acids is 1. The molecule has 0 unspecified atom stereocenters. The third-order valence-electron chi connectivity index (χ3n) is 4.76. The molecule has 1 fully saturated rings. The maximum Gasteiger partial charge on any atom is 0.317 e. The summed E-state index contributed by atoms with van der Waals surface area (Å²) >= 11 is 0.